The largest absolute Gasteiger partial charge is 0.416 e. The van der Waals surface area contributed by atoms with E-state index in [0.29, 0.717) is 12.2 Å². The second-order valence-corrected chi connectivity index (χ2v) is 8.61. The van der Waals surface area contributed by atoms with Crippen LogP contribution < -0.4 is 4.90 Å². The minimum atomic E-state index is -4.53. The van der Waals surface area contributed by atoms with Gasteiger partial charge in [0.2, 0.25) is 5.91 Å². The summed E-state index contributed by atoms with van der Waals surface area (Å²) in [4.78, 5) is 19.2. The first-order valence-electron chi connectivity index (χ1n) is 10.6. The van der Waals surface area contributed by atoms with Crippen LogP contribution in [0.1, 0.15) is 47.9 Å². The van der Waals surface area contributed by atoms with E-state index in [4.69, 9.17) is 0 Å². The molecule has 0 N–H and O–H groups in total. The van der Waals surface area contributed by atoms with Crippen LogP contribution in [-0.4, -0.2) is 25.7 Å². The van der Waals surface area contributed by atoms with E-state index in [0.717, 1.165) is 36.2 Å². The first kappa shape index (κ1) is 20.7. The molecule has 5 rings (SSSR count). The zero-order chi connectivity index (χ0) is 22.6. The number of fused-ring (bicyclic) bond motifs is 1. The third-order valence-electron chi connectivity index (χ3n) is 6.44. The normalized spacial score (nSPS) is 23.1. The molecule has 2 aromatic heterocycles. The maximum Gasteiger partial charge on any atom is 0.416 e. The molecule has 0 spiro atoms. The van der Waals surface area contributed by atoms with Crippen molar-refractivity contribution >= 4 is 11.7 Å². The SMILES string of the molecule is Cc1cccc(-n2cnnc2[C@@H]2[C@H]3CCC[C@H]3C(=O)N2c2cc(C(F)(F)F)cc(C)n2)c1. The van der Waals surface area contributed by atoms with Crippen molar-refractivity contribution in [2.75, 3.05) is 4.90 Å². The number of rotatable bonds is 3. The minimum absolute atomic E-state index is 0.0144. The average Bonchev–Trinajstić information content (AvgIpc) is 3.44. The smallest absolute Gasteiger partial charge is 0.285 e. The Morgan fingerprint density at radius 3 is 2.66 bits per heavy atom. The highest BCUT2D eigenvalue weighted by Gasteiger charge is 2.53. The van der Waals surface area contributed by atoms with Gasteiger partial charge in [-0.05, 0) is 62.4 Å². The van der Waals surface area contributed by atoms with Crippen molar-refractivity contribution in [3.05, 3.63) is 65.4 Å². The summed E-state index contributed by atoms with van der Waals surface area (Å²) in [5, 5.41) is 8.43. The summed E-state index contributed by atoms with van der Waals surface area (Å²) in [7, 11) is 0. The first-order chi connectivity index (χ1) is 15.2. The van der Waals surface area contributed by atoms with E-state index in [1.54, 1.807) is 6.33 Å². The van der Waals surface area contributed by atoms with Crippen LogP contribution in [0.5, 0.6) is 0 Å². The summed E-state index contributed by atoms with van der Waals surface area (Å²) in [6.45, 7) is 3.48. The number of nitrogens with zero attached hydrogens (tertiary/aromatic N) is 5. The Morgan fingerprint density at radius 2 is 1.91 bits per heavy atom. The molecule has 0 unspecified atom stereocenters. The lowest BCUT2D eigenvalue weighted by Gasteiger charge is -2.27. The molecule has 3 atom stereocenters. The molecule has 1 amide bonds. The number of hydrogen-bond donors (Lipinski definition) is 0. The van der Waals surface area contributed by atoms with Gasteiger partial charge in [-0.2, -0.15) is 13.2 Å². The van der Waals surface area contributed by atoms with Crippen LogP contribution >= 0.6 is 0 Å². The fourth-order valence-corrected chi connectivity index (χ4v) is 5.10. The Balaban J connectivity index is 1.66. The second kappa shape index (κ2) is 7.43. The van der Waals surface area contributed by atoms with Gasteiger partial charge in [-0.3, -0.25) is 14.3 Å². The van der Waals surface area contributed by atoms with Gasteiger partial charge in [-0.15, -0.1) is 10.2 Å². The topological polar surface area (TPSA) is 63.9 Å². The number of benzene rings is 1. The minimum Gasteiger partial charge on any atom is -0.285 e. The number of aryl methyl sites for hydroxylation is 2. The molecule has 1 saturated carbocycles. The summed E-state index contributed by atoms with van der Waals surface area (Å²) in [5.74, 6) is 0.0597. The van der Waals surface area contributed by atoms with Crippen molar-refractivity contribution in [2.45, 2.75) is 45.3 Å². The van der Waals surface area contributed by atoms with Crippen molar-refractivity contribution in [3.63, 3.8) is 0 Å². The van der Waals surface area contributed by atoms with Crippen molar-refractivity contribution in [1.82, 2.24) is 19.7 Å². The predicted octanol–water partition coefficient (Wildman–Crippen LogP) is 4.80. The van der Waals surface area contributed by atoms with E-state index in [1.165, 1.54) is 11.8 Å². The van der Waals surface area contributed by atoms with Crippen LogP contribution in [0, 0.1) is 25.7 Å². The van der Waals surface area contributed by atoms with Crippen LogP contribution in [0.15, 0.2) is 42.7 Å². The van der Waals surface area contributed by atoms with E-state index in [-0.39, 0.29) is 29.3 Å². The fraction of sp³-hybridized carbons (Fsp3) is 0.391. The molecule has 1 aliphatic heterocycles. The zero-order valence-corrected chi connectivity index (χ0v) is 17.7. The predicted molar refractivity (Wildman–Crippen MR) is 111 cm³/mol. The average molecular weight is 441 g/mol. The van der Waals surface area contributed by atoms with Gasteiger partial charge in [0.1, 0.15) is 18.2 Å². The number of anilines is 1. The van der Waals surface area contributed by atoms with Gasteiger partial charge in [-0.1, -0.05) is 18.6 Å². The summed E-state index contributed by atoms with van der Waals surface area (Å²) < 4.78 is 42.3. The van der Waals surface area contributed by atoms with E-state index in [9.17, 15) is 18.0 Å². The molecule has 166 valence electrons. The van der Waals surface area contributed by atoms with E-state index >= 15 is 0 Å². The summed E-state index contributed by atoms with van der Waals surface area (Å²) in [6.07, 6.45) is -0.527. The Morgan fingerprint density at radius 1 is 1.09 bits per heavy atom. The lowest BCUT2D eigenvalue weighted by Crippen LogP contribution is -2.33. The number of alkyl halides is 3. The maximum atomic E-state index is 13.5. The van der Waals surface area contributed by atoms with Gasteiger partial charge < -0.3 is 0 Å². The molecule has 2 fully saturated rings. The van der Waals surface area contributed by atoms with Gasteiger partial charge in [0, 0.05) is 17.3 Å². The lowest BCUT2D eigenvalue weighted by molar-refractivity contribution is -0.137. The van der Waals surface area contributed by atoms with Gasteiger partial charge in [0.25, 0.3) is 0 Å². The molecule has 3 heterocycles. The summed E-state index contributed by atoms with van der Waals surface area (Å²) >= 11 is 0. The molecule has 9 heteroatoms. The number of aromatic nitrogens is 4. The molecule has 1 saturated heterocycles. The van der Waals surface area contributed by atoms with Crippen LogP contribution in [0.2, 0.25) is 0 Å². The molecule has 2 aliphatic rings. The molecule has 32 heavy (non-hydrogen) atoms. The van der Waals surface area contributed by atoms with Crippen molar-refractivity contribution in [2.24, 2.45) is 11.8 Å². The Kier molecular flexibility index (Phi) is 4.79. The monoisotopic (exact) mass is 441 g/mol. The Bertz CT molecular complexity index is 1190. The molecule has 0 radical (unpaired) electrons. The van der Waals surface area contributed by atoms with E-state index in [2.05, 4.69) is 15.2 Å². The van der Waals surface area contributed by atoms with Crippen molar-refractivity contribution in [3.8, 4) is 5.69 Å². The number of hydrogen-bond acceptors (Lipinski definition) is 4. The summed E-state index contributed by atoms with van der Waals surface area (Å²) in [6, 6.07) is 9.21. The van der Waals surface area contributed by atoms with E-state index in [1.807, 2.05) is 35.8 Å². The van der Waals surface area contributed by atoms with Gasteiger partial charge in [0.05, 0.1) is 5.56 Å². The fourth-order valence-electron chi connectivity index (χ4n) is 5.10. The molecule has 1 aromatic carbocycles. The number of carbonyl (C=O) groups excluding carboxylic acids is 1. The maximum absolute atomic E-state index is 13.5. The van der Waals surface area contributed by atoms with Gasteiger partial charge in [0.15, 0.2) is 5.82 Å². The lowest BCUT2D eigenvalue weighted by atomic mass is 9.93. The number of carbonyl (C=O) groups is 1. The van der Waals surface area contributed by atoms with Crippen LogP contribution in [0.3, 0.4) is 0 Å². The Hall–Kier alpha value is -3.23. The highest BCUT2D eigenvalue weighted by molar-refractivity contribution is 5.98. The van der Waals surface area contributed by atoms with Crippen LogP contribution in [-0.2, 0) is 11.0 Å². The molecular formula is C23H22F3N5O. The Labute approximate surface area is 183 Å². The molecule has 6 nitrogen and oxygen atoms in total. The third-order valence-corrected chi connectivity index (χ3v) is 6.44. The molecule has 1 aliphatic carbocycles. The number of pyridine rings is 1. The second-order valence-electron chi connectivity index (χ2n) is 8.61. The quantitative estimate of drug-likeness (QED) is 0.586. The third kappa shape index (κ3) is 3.36. The van der Waals surface area contributed by atoms with Crippen LogP contribution in [0.4, 0.5) is 19.0 Å². The molecule has 0 bridgehead atoms. The number of halogens is 3. The molecular weight excluding hydrogens is 419 g/mol. The zero-order valence-electron chi connectivity index (χ0n) is 17.7. The molecule has 3 aromatic rings. The van der Waals surface area contributed by atoms with Gasteiger partial charge >= 0.3 is 6.18 Å². The van der Waals surface area contributed by atoms with Crippen molar-refractivity contribution < 1.29 is 18.0 Å². The van der Waals surface area contributed by atoms with Gasteiger partial charge in [-0.25, -0.2) is 4.98 Å². The van der Waals surface area contributed by atoms with Crippen molar-refractivity contribution in [1.29, 1.82) is 0 Å². The van der Waals surface area contributed by atoms with Crippen LogP contribution in [0.25, 0.3) is 5.69 Å². The number of amides is 1. The standard InChI is InChI=1S/C23H22F3N5O/c1-13-5-3-6-16(9-13)30-12-27-29-21(30)20-17-7-4-8-18(17)22(32)31(20)19-11-15(23(24,25)26)10-14(2)28-19/h3,5-6,9-12,17-18,20H,4,7-8H2,1-2H3/t17-,18+,20-/m0/s1. The highest BCUT2D eigenvalue weighted by Crippen LogP contribution is 2.51. The van der Waals surface area contributed by atoms with E-state index < -0.39 is 17.8 Å². The first-order valence-corrected chi connectivity index (χ1v) is 10.6. The highest BCUT2D eigenvalue weighted by atomic mass is 19.4. The summed E-state index contributed by atoms with van der Waals surface area (Å²) in [5.41, 5.74) is 1.28.